The standard InChI is InChI=1S/CCl2O.Cl2O2S/c2-1(3)4;1-5(2,3)4. The van der Waals surface area contributed by atoms with E-state index in [1.165, 1.54) is 0 Å². The van der Waals surface area contributed by atoms with E-state index in [0.29, 0.717) is 0 Å². The van der Waals surface area contributed by atoms with Crippen LogP contribution in [0.5, 0.6) is 0 Å². The summed E-state index contributed by atoms with van der Waals surface area (Å²) in [5.74, 6) is 0. The van der Waals surface area contributed by atoms with E-state index in [1.54, 1.807) is 0 Å². The smallest absolute Gasteiger partial charge is 0.262 e. The molecule has 0 saturated carbocycles. The molecular formula is CCl4O3S. The summed E-state index contributed by atoms with van der Waals surface area (Å²) >= 11 is 8.80. The van der Waals surface area contributed by atoms with Gasteiger partial charge in [-0.3, -0.25) is 4.79 Å². The molecule has 0 amide bonds. The molecule has 0 fully saturated rings. The van der Waals surface area contributed by atoms with Crippen LogP contribution < -0.4 is 0 Å². The maximum absolute atomic E-state index is 9.16. The first-order valence-corrected chi connectivity index (χ1v) is 5.12. The van der Waals surface area contributed by atoms with Crippen molar-refractivity contribution in [3.05, 3.63) is 0 Å². The second kappa shape index (κ2) is 5.56. The zero-order chi connectivity index (χ0) is 8.08. The van der Waals surface area contributed by atoms with E-state index in [2.05, 4.69) is 44.6 Å². The molecule has 0 aromatic heterocycles. The van der Waals surface area contributed by atoms with Crippen LogP contribution in [0.4, 0.5) is 4.79 Å². The number of hydrogen-bond donors (Lipinski definition) is 0. The predicted octanol–water partition coefficient (Wildman–Crippen LogP) is 2.29. The monoisotopic (exact) mass is 232 g/mol. The first-order valence-electron chi connectivity index (χ1n) is 1.22. The molecule has 0 N–H and O–H groups in total. The average Bonchev–Trinajstić information content (AvgIpc) is 1.19. The van der Waals surface area contributed by atoms with Crippen LogP contribution in [-0.2, 0) is 8.26 Å². The average molecular weight is 234 g/mol. The summed E-state index contributed by atoms with van der Waals surface area (Å²) in [4.78, 5) is 8.98. The zero-order valence-corrected chi connectivity index (χ0v) is 7.49. The van der Waals surface area contributed by atoms with E-state index >= 15 is 0 Å². The summed E-state index contributed by atoms with van der Waals surface area (Å²) in [5.41, 5.74) is 0. The third-order valence-corrected chi connectivity index (χ3v) is 0. The first kappa shape index (κ1) is 12.5. The molecule has 0 aliphatic heterocycles. The Morgan fingerprint density at radius 1 is 1.11 bits per heavy atom. The SMILES string of the molecule is O=C(Cl)Cl.O=S(=O)(Cl)Cl. The molecule has 0 unspecified atom stereocenters. The minimum atomic E-state index is -3.72. The summed E-state index contributed by atoms with van der Waals surface area (Å²) in [5, 5.41) is 0. The number of rotatable bonds is 0. The fraction of sp³-hybridized carbons (Fsp3) is 0. The molecule has 0 aliphatic carbocycles. The molecular weight excluding hydrogens is 234 g/mol. The van der Waals surface area contributed by atoms with E-state index in [9.17, 15) is 0 Å². The summed E-state index contributed by atoms with van der Waals surface area (Å²) in [6, 6.07) is 0. The van der Waals surface area contributed by atoms with Crippen molar-refractivity contribution in [1.82, 2.24) is 0 Å². The Bertz CT molecular complexity index is 158. The number of halogens is 4. The maximum atomic E-state index is 9.16. The van der Waals surface area contributed by atoms with Crippen molar-refractivity contribution in [2.45, 2.75) is 0 Å². The highest BCUT2D eigenvalue weighted by Crippen LogP contribution is 1.98. The van der Waals surface area contributed by atoms with Gasteiger partial charge in [-0.2, -0.15) is 8.42 Å². The molecule has 3 nitrogen and oxygen atoms in total. The molecule has 0 bridgehead atoms. The topological polar surface area (TPSA) is 51.2 Å². The Balaban J connectivity index is 0. The molecule has 0 atom stereocenters. The first-order chi connectivity index (χ1) is 3.73. The van der Waals surface area contributed by atoms with Gasteiger partial charge in [0.2, 0.25) is 0 Å². The molecule has 8 heteroatoms. The second-order valence-corrected chi connectivity index (χ2v) is 5.15. The maximum Gasteiger partial charge on any atom is 0.317 e. The Labute approximate surface area is 70.8 Å². The van der Waals surface area contributed by atoms with Gasteiger partial charge in [-0.1, -0.05) is 0 Å². The third-order valence-electron chi connectivity index (χ3n) is 0. The lowest BCUT2D eigenvalue weighted by atomic mass is 11.8. The molecule has 0 aliphatic rings. The van der Waals surface area contributed by atoms with E-state index < -0.39 is 13.0 Å². The molecule has 56 valence electrons. The van der Waals surface area contributed by atoms with E-state index in [4.69, 9.17) is 13.2 Å². The lowest BCUT2D eigenvalue weighted by Crippen LogP contribution is -1.63. The van der Waals surface area contributed by atoms with Gasteiger partial charge in [-0.05, 0) is 23.2 Å². The van der Waals surface area contributed by atoms with Gasteiger partial charge in [0.15, 0.2) is 0 Å². The van der Waals surface area contributed by atoms with Gasteiger partial charge in [0.25, 0.3) is 0 Å². The van der Waals surface area contributed by atoms with Gasteiger partial charge < -0.3 is 0 Å². The highest BCUT2D eigenvalue weighted by molar-refractivity contribution is 8.31. The van der Waals surface area contributed by atoms with Gasteiger partial charge in [0.1, 0.15) is 0 Å². The van der Waals surface area contributed by atoms with Crippen molar-refractivity contribution in [2.75, 3.05) is 0 Å². The van der Waals surface area contributed by atoms with Gasteiger partial charge in [0, 0.05) is 21.4 Å². The van der Waals surface area contributed by atoms with Crippen molar-refractivity contribution in [3.8, 4) is 0 Å². The predicted molar refractivity (Wildman–Crippen MR) is 37.7 cm³/mol. The molecule has 0 rings (SSSR count). The Morgan fingerprint density at radius 2 is 1.11 bits per heavy atom. The molecule has 0 saturated heterocycles. The Morgan fingerprint density at radius 3 is 1.11 bits per heavy atom. The third kappa shape index (κ3) is 663. The normalized spacial score (nSPS) is 9.33. The van der Waals surface area contributed by atoms with Crippen molar-refractivity contribution in [1.29, 1.82) is 0 Å². The summed E-state index contributed by atoms with van der Waals surface area (Å²) in [6.45, 7) is 0. The van der Waals surface area contributed by atoms with Crippen LogP contribution in [0.15, 0.2) is 0 Å². The molecule has 0 radical (unpaired) electrons. The largest absolute Gasteiger partial charge is 0.317 e. The van der Waals surface area contributed by atoms with Crippen LogP contribution >= 0.6 is 44.6 Å². The van der Waals surface area contributed by atoms with Gasteiger partial charge in [-0.25, -0.2) is 0 Å². The molecule has 0 spiro atoms. The fourth-order valence-electron chi connectivity index (χ4n) is 0. The van der Waals surface area contributed by atoms with E-state index in [0.717, 1.165) is 0 Å². The summed E-state index contributed by atoms with van der Waals surface area (Å²) in [7, 11) is 4.81. The number of hydrogen-bond acceptors (Lipinski definition) is 3. The van der Waals surface area contributed by atoms with Crippen LogP contribution in [0, 0.1) is 0 Å². The Hall–Kier alpha value is 0.780. The Kier molecular flexibility index (Phi) is 7.69. The van der Waals surface area contributed by atoms with Crippen LogP contribution in [0.3, 0.4) is 0 Å². The summed E-state index contributed by atoms with van der Waals surface area (Å²) in [6.07, 6.45) is 0. The number of carbonyl (C=O) groups is 1. The molecule has 0 heterocycles. The van der Waals surface area contributed by atoms with Crippen molar-refractivity contribution in [3.63, 3.8) is 0 Å². The minimum Gasteiger partial charge on any atom is -0.262 e. The molecule has 0 aromatic carbocycles. The van der Waals surface area contributed by atoms with Crippen LogP contribution in [0.2, 0.25) is 0 Å². The molecule has 9 heavy (non-hydrogen) atoms. The van der Waals surface area contributed by atoms with Gasteiger partial charge >= 0.3 is 13.0 Å². The van der Waals surface area contributed by atoms with E-state index in [-0.39, 0.29) is 0 Å². The van der Waals surface area contributed by atoms with E-state index in [1.807, 2.05) is 0 Å². The van der Waals surface area contributed by atoms with Crippen molar-refractivity contribution in [2.24, 2.45) is 0 Å². The highest BCUT2D eigenvalue weighted by Gasteiger charge is 1.88. The quantitative estimate of drug-likeness (QED) is 0.604. The minimum absolute atomic E-state index is 0.889. The lowest BCUT2D eigenvalue weighted by Gasteiger charge is -1.61. The molecule has 0 aromatic rings. The van der Waals surface area contributed by atoms with Crippen LogP contribution in [0.25, 0.3) is 0 Å². The summed E-state index contributed by atoms with van der Waals surface area (Å²) < 4.78 is 17.4. The van der Waals surface area contributed by atoms with Crippen LogP contribution in [0.1, 0.15) is 0 Å². The highest BCUT2D eigenvalue weighted by atomic mass is 36.0. The van der Waals surface area contributed by atoms with Crippen molar-refractivity contribution < 1.29 is 13.2 Å². The van der Waals surface area contributed by atoms with Crippen molar-refractivity contribution >= 4 is 57.5 Å². The van der Waals surface area contributed by atoms with Gasteiger partial charge in [-0.15, -0.1) is 0 Å². The second-order valence-electron chi connectivity index (χ2n) is 0.604. The fourth-order valence-corrected chi connectivity index (χ4v) is 0. The van der Waals surface area contributed by atoms with Gasteiger partial charge in [0.05, 0.1) is 0 Å². The number of carbonyl (C=O) groups excluding carboxylic acids is 1. The van der Waals surface area contributed by atoms with Crippen LogP contribution in [-0.4, -0.2) is 13.1 Å². The lowest BCUT2D eigenvalue weighted by molar-refractivity contribution is 0.275. The zero-order valence-electron chi connectivity index (χ0n) is 3.64.